The zero-order valence-corrected chi connectivity index (χ0v) is 8.14. The Morgan fingerprint density at radius 3 is 2.54 bits per heavy atom. The minimum atomic E-state index is 0.527. The van der Waals surface area contributed by atoms with Crippen LogP contribution in [-0.2, 0) is 0 Å². The largest absolute Gasteiger partial charge is 0.464 e. The fourth-order valence-corrected chi connectivity index (χ4v) is 1.52. The van der Waals surface area contributed by atoms with Gasteiger partial charge in [0.15, 0.2) is 0 Å². The molecule has 2 rings (SSSR count). The number of benzene rings is 1. The van der Waals surface area contributed by atoms with Gasteiger partial charge in [-0.1, -0.05) is 29.3 Å². The van der Waals surface area contributed by atoms with E-state index in [0.717, 1.165) is 11.3 Å². The van der Waals surface area contributed by atoms with Crippen LogP contribution in [0, 0.1) is 0 Å². The Kier molecular flexibility index (Phi) is 2.30. The van der Waals surface area contributed by atoms with Crippen molar-refractivity contribution in [3.8, 4) is 11.3 Å². The Morgan fingerprint density at radius 1 is 1.00 bits per heavy atom. The summed E-state index contributed by atoms with van der Waals surface area (Å²) < 4.78 is 5.21. The summed E-state index contributed by atoms with van der Waals surface area (Å²) in [6.07, 6.45) is 1.60. The highest BCUT2D eigenvalue weighted by Crippen LogP contribution is 2.33. The van der Waals surface area contributed by atoms with E-state index >= 15 is 0 Å². The van der Waals surface area contributed by atoms with Crippen molar-refractivity contribution in [1.29, 1.82) is 0 Å². The van der Waals surface area contributed by atoms with E-state index in [1.165, 1.54) is 0 Å². The molecule has 13 heavy (non-hydrogen) atoms. The first kappa shape index (κ1) is 8.67. The lowest BCUT2D eigenvalue weighted by Crippen LogP contribution is -1.76. The van der Waals surface area contributed by atoms with Crippen molar-refractivity contribution in [3.63, 3.8) is 0 Å². The van der Waals surface area contributed by atoms with Gasteiger partial charge < -0.3 is 4.42 Å². The normalized spacial score (nSPS) is 10.3. The maximum atomic E-state index is 5.99. The summed E-state index contributed by atoms with van der Waals surface area (Å²) in [5.41, 5.74) is 0.819. The Hall–Kier alpha value is -0.920. The summed E-state index contributed by atoms with van der Waals surface area (Å²) in [7, 11) is 0. The average Bonchev–Trinajstić information content (AvgIpc) is 2.62. The van der Waals surface area contributed by atoms with Crippen molar-refractivity contribution in [1.82, 2.24) is 0 Å². The van der Waals surface area contributed by atoms with Gasteiger partial charge in [-0.05, 0) is 24.3 Å². The van der Waals surface area contributed by atoms with Gasteiger partial charge in [0.1, 0.15) is 5.76 Å². The summed E-state index contributed by atoms with van der Waals surface area (Å²) in [6.45, 7) is 0. The molecule has 2 aromatic rings. The average molecular weight is 213 g/mol. The first-order valence-corrected chi connectivity index (χ1v) is 4.52. The summed E-state index contributed by atoms with van der Waals surface area (Å²) in [4.78, 5) is 0. The molecule has 0 aliphatic carbocycles. The number of furan rings is 1. The first-order chi connectivity index (χ1) is 6.29. The molecule has 0 N–H and O–H groups in total. The van der Waals surface area contributed by atoms with E-state index in [9.17, 15) is 0 Å². The highest BCUT2D eigenvalue weighted by molar-refractivity contribution is 6.43. The van der Waals surface area contributed by atoms with E-state index in [4.69, 9.17) is 27.6 Å². The van der Waals surface area contributed by atoms with Gasteiger partial charge in [-0.2, -0.15) is 0 Å². The highest BCUT2D eigenvalue weighted by atomic mass is 35.5. The van der Waals surface area contributed by atoms with Gasteiger partial charge in [-0.3, -0.25) is 0 Å². The van der Waals surface area contributed by atoms with Crippen LogP contribution in [0.5, 0.6) is 0 Å². The van der Waals surface area contributed by atoms with Crippen LogP contribution >= 0.6 is 23.2 Å². The van der Waals surface area contributed by atoms with Gasteiger partial charge in [0, 0.05) is 5.56 Å². The molecule has 1 aromatic heterocycles. The fourth-order valence-electron chi connectivity index (χ4n) is 1.13. The van der Waals surface area contributed by atoms with Crippen LogP contribution in [0.1, 0.15) is 0 Å². The number of rotatable bonds is 1. The van der Waals surface area contributed by atoms with E-state index < -0.39 is 0 Å². The SMILES string of the molecule is Clc1cccc(-c2ccco2)c1Cl. The van der Waals surface area contributed by atoms with Gasteiger partial charge in [-0.15, -0.1) is 0 Å². The molecule has 1 heterocycles. The third kappa shape index (κ3) is 1.58. The van der Waals surface area contributed by atoms with Crippen LogP contribution in [0.25, 0.3) is 11.3 Å². The van der Waals surface area contributed by atoms with Crippen molar-refractivity contribution in [3.05, 3.63) is 46.6 Å². The van der Waals surface area contributed by atoms with E-state index in [1.54, 1.807) is 12.3 Å². The van der Waals surface area contributed by atoms with Gasteiger partial charge in [0.2, 0.25) is 0 Å². The summed E-state index contributed by atoms with van der Waals surface area (Å²) in [5.74, 6) is 0.729. The third-order valence-corrected chi connectivity index (χ3v) is 2.56. The predicted molar refractivity (Wildman–Crippen MR) is 54.2 cm³/mol. The van der Waals surface area contributed by atoms with Crippen LogP contribution in [0.3, 0.4) is 0 Å². The third-order valence-electron chi connectivity index (χ3n) is 1.74. The monoisotopic (exact) mass is 212 g/mol. The van der Waals surface area contributed by atoms with Crippen molar-refractivity contribution >= 4 is 23.2 Å². The molecule has 0 radical (unpaired) electrons. The second-order valence-corrected chi connectivity index (χ2v) is 3.36. The molecule has 3 heteroatoms. The molecule has 1 aromatic carbocycles. The van der Waals surface area contributed by atoms with Crippen LogP contribution < -0.4 is 0 Å². The Balaban J connectivity index is 2.59. The summed E-state index contributed by atoms with van der Waals surface area (Å²) >= 11 is 11.8. The van der Waals surface area contributed by atoms with Crippen LogP contribution in [0.15, 0.2) is 41.0 Å². The number of hydrogen-bond donors (Lipinski definition) is 0. The Morgan fingerprint density at radius 2 is 1.85 bits per heavy atom. The van der Waals surface area contributed by atoms with Crippen LogP contribution in [0.4, 0.5) is 0 Å². The van der Waals surface area contributed by atoms with E-state index in [-0.39, 0.29) is 0 Å². The molecule has 0 saturated heterocycles. The van der Waals surface area contributed by atoms with Crippen molar-refractivity contribution in [2.24, 2.45) is 0 Å². The molecule has 0 aliphatic rings. The number of hydrogen-bond acceptors (Lipinski definition) is 1. The molecular formula is C10H6Cl2O. The molecule has 0 saturated carbocycles. The highest BCUT2D eigenvalue weighted by Gasteiger charge is 2.07. The topological polar surface area (TPSA) is 13.1 Å². The van der Waals surface area contributed by atoms with Gasteiger partial charge >= 0.3 is 0 Å². The molecule has 0 amide bonds. The lowest BCUT2D eigenvalue weighted by Gasteiger charge is -2.01. The summed E-state index contributed by atoms with van der Waals surface area (Å²) in [6, 6.07) is 9.11. The van der Waals surface area contributed by atoms with Crippen molar-refractivity contribution < 1.29 is 4.42 Å². The van der Waals surface area contributed by atoms with E-state index in [1.807, 2.05) is 24.3 Å². The van der Waals surface area contributed by atoms with Gasteiger partial charge in [-0.25, -0.2) is 0 Å². The van der Waals surface area contributed by atoms with Crippen molar-refractivity contribution in [2.45, 2.75) is 0 Å². The van der Waals surface area contributed by atoms with E-state index in [0.29, 0.717) is 10.0 Å². The Labute approximate surface area is 85.9 Å². The minimum absolute atomic E-state index is 0.527. The molecule has 0 fully saturated rings. The van der Waals surface area contributed by atoms with Gasteiger partial charge in [0.05, 0.1) is 16.3 Å². The lowest BCUT2D eigenvalue weighted by atomic mass is 10.2. The molecule has 0 aliphatic heterocycles. The summed E-state index contributed by atoms with van der Waals surface area (Å²) in [5, 5.41) is 1.06. The molecule has 0 unspecified atom stereocenters. The second kappa shape index (κ2) is 3.44. The predicted octanol–water partition coefficient (Wildman–Crippen LogP) is 4.25. The molecule has 1 nitrogen and oxygen atoms in total. The molecule has 0 atom stereocenters. The van der Waals surface area contributed by atoms with Crippen LogP contribution in [0.2, 0.25) is 10.0 Å². The molecule has 0 bridgehead atoms. The maximum absolute atomic E-state index is 5.99. The maximum Gasteiger partial charge on any atom is 0.135 e. The van der Waals surface area contributed by atoms with E-state index in [2.05, 4.69) is 0 Å². The van der Waals surface area contributed by atoms with Crippen molar-refractivity contribution in [2.75, 3.05) is 0 Å². The lowest BCUT2D eigenvalue weighted by molar-refractivity contribution is 0.582. The Bertz CT molecular complexity index is 407. The second-order valence-electron chi connectivity index (χ2n) is 2.58. The number of halogens is 2. The first-order valence-electron chi connectivity index (χ1n) is 3.77. The molecular weight excluding hydrogens is 207 g/mol. The fraction of sp³-hybridized carbons (Fsp3) is 0. The molecule has 66 valence electrons. The quantitative estimate of drug-likeness (QED) is 0.689. The van der Waals surface area contributed by atoms with Gasteiger partial charge in [0.25, 0.3) is 0 Å². The minimum Gasteiger partial charge on any atom is -0.464 e. The smallest absolute Gasteiger partial charge is 0.135 e. The molecule has 0 spiro atoms. The van der Waals surface area contributed by atoms with Crippen LogP contribution in [-0.4, -0.2) is 0 Å². The zero-order chi connectivity index (χ0) is 9.26. The zero-order valence-electron chi connectivity index (χ0n) is 6.63. The standard InChI is InChI=1S/C10H6Cl2O/c11-8-4-1-3-7(10(8)12)9-5-2-6-13-9/h1-6H.